The van der Waals surface area contributed by atoms with Crippen LogP contribution < -0.4 is 5.32 Å². The molecule has 2 nitrogen and oxygen atoms in total. The van der Waals surface area contributed by atoms with Crippen molar-refractivity contribution in [2.75, 3.05) is 13.1 Å². The highest BCUT2D eigenvalue weighted by Crippen LogP contribution is 2.32. The van der Waals surface area contributed by atoms with E-state index in [0.717, 1.165) is 18.0 Å². The molecule has 0 aromatic rings. The SMILES string of the molecule is CC1CC(N(CC2CCCCN2)C(C)C)C1. The fraction of sp³-hybridized carbons (Fsp3) is 1.00. The molecule has 1 heterocycles. The van der Waals surface area contributed by atoms with Gasteiger partial charge < -0.3 is 5.32 Å². The Kier molecular flexibility index (Phi) is 4.26. The standard InChI is InChI=1S/C14H28N2/c1-11(2)16(14-8-12(3)9-14)10-13-6-4-5-7-15-13/h11-15H,4-10H2,1-3H3. The van der Waals surface area contributed by atoms with Gasteiger partial charge in [0.05, 0.1) is 0 Å². The molecular weight excluding hydrogens is 196 g/mol. The Hall–Kier alpha value is -0.0800. The van der Waals surface area contributed by atoms with Gasteiger partial charge in [-0.15, -0.1) is 0 Å². The zero-order chi connectivity index (χ0) is 11.5. The third-order valence-electron chi connectivity index (χ3n) is 4.32. The molecule has 1 atom stereocenters. The highest BCUT2D eigenvalue weighted by molar-refractivity contribution is 4.89. The van der Waals surface area contributed by atoms with Crippen LogP contribution in [0.25, 0.3) is 0 Å². The summed E-state index contributed by atoms with van der Waals surface area (Å²) in [6.07, 6.45) is 7.02. The predicted octanol–water partition coefficient (Wildman–Crippen LogP) is 2.64. The molecule has 16 heavy (non-hydrogen) atoms. The molecular formula is C14H28N2. The second-order valence-corrected chi connectivity index (χ2v) is 6.17. The number of hydrogen-bond acceptors (Lipinski definition) is 2. The van der Waals surface area contributed by atoms with Crippen molar-refractivity contribution >= 4 is 0 Å². The van der Waals surface area contributed by atoms with Crippen LogP contribution in [0.4, 0.5) is 0 Å². The first-order valence-corrected chi connectivity index (χ1v) is 7.16. The maximum Gasteiger partial charge on any atom is 0.0195 e. The fourth-order valence-corrected chi connectivity index (χ4v) is 3.25. The Labute approximate surface area is 101 Å². The zero-order valence-electron chi connectivity index (χ0n) is 11.2. The second-order valence-electron chi connectivity index (χ2n) is 6.17. The average Bonchev–Trinajstić information content (AvgIpc) is 2.23. The third-order valence-corrected chi connectivity index (χ3v) is 4.32. The summed E-state index contributed by atoms with van der Waals surface area (Å²) in [7, 11) is 0. The van der Waals surface area contributed by atoms with Crippen LogP contribution in [0.2, 0.25) is 0 Å². The third kappa shape index (κ3) is 2.98. The Morgan fingerprint density at radius 2 is 2.00 bits per heavy atom. The molecule has 0 radical (unpaired) electrons. The van der Waals surface area contributed by atoms with Crippen molar-refractivity contribution in [2.24, 2.45) is 5.92 Å². The molecule has 2 rings (SSSR count). The molecule has 94 valence electrons. The lowest BCUT2D eigenvalue weighted by Gasteiger charge is -2.45. The molecule has 1 saturated carbocycles. The number of rotatable bonds is 4. The van der Waals surface area contributed by atoms with Gasteiger partial charge in [-0.05, 0) is 52.0 Å². The van der Waals surface area contributed by atoms with Gasteiger partial charge in [-0.2, -0.15) is 0 Å². The monoisotopic (exact) mass is 224 g/mol. The minimum atomic E-state index is 0.709. The lowest BCUT2D eigenvalue weighted by atomic mass is 9.80. The quantitative estimate of drug-likeness (QED) is 0.790. The lowest BCUT2D eigenvalue weighted by Crippen LogP contribution is -2.53. The van der Waals surface area contributed by atoms with E-state index in [-0.39, 0.29) is 0 Å². The summed E-state index contributed by atoms with van der Waals surface area (Å²) in [6, 6.07) is 2.34. The van der Waals surface area contributed by atoms with Crippen molar-refractivity contribution in [2.45, 2.75) is 71.0 Å². The van der Waals surface area contributed by atoms with Crippen LogP contribution in [0.1, 0.15) is 52.9 Å². The van der Waals surface area contributed by atoms with Crippen molar-refractivity contribution in [3.63, 3.8) is 0 Å². The van der Waals surface area contributed by atoms with E-state index in [2.05, 4.69) is 31.0 Å². The summed E-state index contributed by atoms with van der Waals surface area (Å²) >= 11 is 0. The van der Waals surface area contributed by atoms with E-state index in [1.807, 2.05) is 0 Å². The van der Waals surface area contributed by atoms with Crippen molar-refractivity contribution < 1.29 is 0 Å². The Morgan fingerprint density at radius 3 is 2.50 bits per heavy atom. The maximum absolute atomic E-state index is 3.68. The molecule has 0 aromatic heterocycles. The first-order chi connectivity index (χ1) is 7.66. The molecule has 0 aromatic carbocycles. The van der Waals surface area contributed by atoms with Crippen LogP contribution in [-0.4, -0.2) is 36.1 Å². The van der Waals surface area contributed by atoms with E-state index in [1.54, 1.807) is 0 Å². The van der Waals surface area contributed by atoms with E-state index < -0.39 is 0 Å². The fourth-order valence-electron chi connectivity index (χ4n) is 3.25. The van der Waals surface area contributed by atoms with E-state index in [4.69, 9.17) is 0 Å². The van der Waals surface area contributed by atoms with Gasteiger partial charge in [0.25, 0.3) is 0 Å². The first-order valence-electron chi connectivity index (χ1n) is 7.16. The van der Waals surface area contributed by atoms with Crippen LogP contribution in [0.3, 0.4) is 0 Å². The van der Waals surface area contributed by atoms with Crippen molar-refractivity contribution in [1.82, 2.24) is 10.2 Å². The highest BCUT2D eigenvalue weighted by atomic mass is 15.2. The molecule has 1 saturated heterocycles. The summed E-state index contributed by atoms with van der Waals surface area (Å²) in [5.74, 6) is 0.963. The number of nitrogens with one attached hydrogen (secondary N) is 1. The molecule has 1 N–H and O–H groups in total. The van der Waals surface area contributed by atoms with E-state index >= 15 is 0 Å². The topological polar surface area (TPSA) is 15.3 Å². The Bertz CT molecular complexity index is 203. The average molecular weight is 224 g/mol. The van der Waals surface area contributed by atoms with Gasteiger partial charge >= 0.3 is 0 Å². The number of piperidine rings is 1. The van der Waals surface area contributed by atoms with Crippen molar-refractivity contribution in [3.05, 3.63) is 0 Å². The van der Waals surface area contributed by atoms with Gasteiger partial charge in [0.2, 0.25) is 0 Å². The van der Waals surface area contributed by atoms with E-state index in [9.17, 15) is 0 Å². The number of hydrogen-bond donors (Lipinski definition) is 1. The van der Waals surface area contributed by atoms with Gasteiger partial charge in [-0.3, -0.25) is 4.90 Å². The molecule has 2 aliphatic rings. The van der Waals surface area contributed by atoms with Gasteiger partial charge in [-0.1, -0.05) is 13.3 Å². The van der Waals surface area contributed by atoms with Gasteiger partial charge in [0.1, 0.15) is 0 Å². The highest BCUT2D eigenvalue weighted by Gasteiger charge is 2.33. The normalized spacial score (nSPS) is 35.4. The van der Waals surface area contributed by atoms with Crippen LogP contribution in [0, 0.1) is 5.92 Å². The van der Waals surface area contributed by atoms with Gasteiger partial charge in [-0.25, -0.2) is 0 Å². The van der Waals surface area contributed by atoms with Crippen LogP contribution >= 0.6 is 0 Å². The smallest absolute Gasteiger partial charge is 0.0195 e. The second kappa shape index (κ2) is 5.50. The van der Waals surface area contributed by atoms with E-state index in [1.165, 1.54) is 45.2 Å². The van der Waals surface area contributed by atoms with Crippen LogP contribution in [-0.2, 0) is 0 Å². The minimum absolute atomic E-state index is 0.709. The molecule has 0 spiro atoms. The molecule has 0 bridgehead atoms. The summed E-state index contributed by atoms with van der Waals surface area (Å²) in [4.78, 5) is 2.74. The van der Waals surface area contributed by atoms with E-state index in [0.29, 0.717) is 6.04 Å². The first kappa shape index (κ1) is 12.4. The molecule has 1 unspecified atom stereocenters. The summed E-state index contributed by atoms with van der Waals surface area (Å²) < 4.78 is 0. The predicted molar refractivity (Wildman–Crippen MR) is 69.7 cm³/mol. The van der Waals surface area contributed by atoms with Crippen LogP contribution in [0.15, 0.2) is 0 Å². The molecule has 2 fully saturated rings. The maximum atomic E-state index is 3.68. The molecule has 0 amide bonds. The van der Waals surface area contributed by atoms with Gasteiger partial charge in [0, 0.05) is 24.7 Å². The van der Waals surface area contributed by atoms with Crippen LogP contribution in [0.5, 0.6) is 0 Å². The molecule has 1 aliphatic carbocycles. The van der Waals surface area contributed by atoms with Gasteiger partial charge in [0.15, 0.2) is 0 Å². The summed E-state index contributed by atoms with van der Waals surface area (Å²) in [6.45, 7) is 9.60. The Balaban J connectivity index is 1.82. The van der Waals surface area contributed by atoms with Crippen molar-refractivity contribution in [3.8, 4) is 0 Å². The lowest BCUT2D eigenvalue weighted by molar-refractivity contribution is 0.0482. The molecule has 2 heteroatoms. The summed E-state index contributed by atoms with van der Waals surface area (Å²) in [5.41, 5.74) is 0. The minimum Gasteiger partial charge on any atom is -0.313 e. The van der Waals surface area contributed by atoms with Crippen molar-refractivity contribution in [1.29, 1.82) is 0 Å². The molecule has 1 aliphatic heterocycles. The zero-order valence-corrected chi connectivity index (χ0v) is 11.2. The summed E-state index contributed by atoms with van der Waals surface area (Å²) in [5, 5.41) is 3.68. The largest absolute Gasteiger partial charge is 0.313 e. The number of nitrogens with zero attached hydrogens (tertiary/aromatic N) is 1. The Morgan fingerprint density at radius 1 is 1.25 bits per heavy atom.